The standard InChI is InChI=1S/C17H18N4O3/c1-3-11-5-7-12(8-6-11)9-18-15-13-14(17(22)23-4-2)21-24-16(13)20-10-19-15/h5-8,10H,3-4,9H2,1-2H3,(H,18,19,20). The van der Waals surface area contributed by atoms with Crippen molar-refractivity contribution >= 4 is 22.9 Å². The number of aromatic nitrogens is 3. The van der Waals surface area contributed by atoms with Gasteiger partial charge in [-0.25, -0.2) is 9.78 Å². The van der Waals surface area contributed by atoms with Gasteiger partial charge in [-0.3, -0.25) is 0 Å². The van der Waals surface area contributed by atoms with E-state index >= 15 is 0 Å². The number of rotatable bonds is 6. The molecule has 0 amide bonds. The molecule has 2 heterocycles. The van der Waals surface area contributed by atoms with Gasteiger partial charge in [-0.1, -0.05) is 36.3 Å². The molecule has 0 fully saturated rings. The van der Waals surface area contributed by atoms with Crippen molar-refractivity contribution in [2.45, 2.75) is 26.8 Å². The number of nitrogens with zero attached hydrogens (tertiary/aromatic N) is 3. The Labute approximate surface area is 139 Å². The summed E-state index contributed by atoms with van der Waals surface area (Å²) in [5.74, 6) is -0.0646. The Morgan fingerprint density at radius 3 is 2.62 bits per heavy atom. The van der Waals surface area contributed by atoms with Crippen molar-refractivity contribution < 1.29 is 14.1 Å². The summed E-state index contributed by atoms with van der Waals surface area (Å²) < 4.78 is 10.1. The molecule has 0 spiro atoms. The Kier molecular flexibility index (Phi) is 4.69. The van der Waals surface area contributed by atoms with E-state index in [0.29, 0.717) is 17.7 Å². The van der Waals surface area contributed by atoms with Crippen molar-refractivity contribution in [1.29, 1.82) is 0 Å². The fourth-order valence-electron chi connectivity index (χ4n) is 2.34. The normalized spacial score (nSPS) is 10.8. The molecular formula is C17H18N4O3. The van der Waals surface area contributed by atoms with Gasteiger partial charge in [-0.15, -0.1) is 0 Å². The van der Waals surface area contributed by atoms with Crippen LogP contribution in [0.25, 0.3) is 11.1 Å². The number of hydrogen-bond acceptors (Lipinski definition) is 7. The third-order valence-electron chi connectivity index (χ3n) is 3.63. The summed E-state index contributed by atoms with van der Waals surface area (Å²) in [5.41, 5.74) is 2.72. The van der Waals surface area contributed by atoms with Crippen LogP contribution in [0.4, 0.5) is 5.82 Å². The molecule has 7 heteroatoms. The predicted molar refractivity (Wildman–Crippen MR) is 88.7 cm³/mol. The molecule has 3 rings (SSSR count). The van der Waals surface area contributed by atoms with Crippen LogP contribution in [-0.2, 0) is 17.7 Å². The second-order valence-corrected chi connectivity index (χ2v) is 5.18. The quantitative estimate of drug-likeness (QED) is 0.696. The highest BCUT2D eigenvalue weighted by Crippen LogP contribution is 2.24. The molecule has 0 atom stereocenters. The molecule has 0 saturated heterocycles. The van der Waals surface area contributed by atoms with Gasteiger partial charge < -0.3 is 14.6 Å². The Morgan fingerprint density at radius 1 is 1.17 bits per heavy atom. The number of fused-ring (bicyclic) bond motifs is 1. The first-order chi connectivity index (χ1) is 11.7. The first-order valence-corrected chi connectivity index (χ1v) is 7.82. The van der Waals surface area contributed by atoms with Crippen LogP contribution in [0, 0.1) is 0 Å². The van der Waals surface area contributed by atoms with Crippen molar-refractivity contribution in [3.8, 4) is 0 Å². The fraction of sp³-hybridized carbons (Fsp3) is 0.294. The van der Waals surface area contributed by atoms with Gasteiger partial charge in [0, 0.05) is 6.54 Å². The van der Waals surface area contributed by atoms with E-state index in [-0.39, 0.29) is 18.0 Å². The van der Waals surface area contributed by atoms with Crippen molar-refractivity contribution in [1.82, 2.24) is 15.1 Å². The fourth-order valence-corrected chi connectivity index (χ4v) is 2.34. The molecule has 124 valence electrons. The number of aryl methyl sites for hydroxylation is 1. The van der Waals surface area contributed by atoms with E-state index in [9.17, 15) is 4.79 Å². The Hall–Kier alpha value is -2.96. The number of carbonyl (C=O) groups is 1. The number of ether oxygens (including phenoxy) is 1. The zero-order valence-electron chi connectivity index (χ0n) is 13.6. The third kappa shape index (κ3) is 3.19. The average molecular weight is 326 g/mol. The zero-order valence-corrected chi connectivity index (χ0v) is 13.6. The smallest absolute Gasteiger partial charge is 0.361 e. The van der Waals surface area contributed by atoms with E-state index in [0.717, 1.165) is 12.0 Å². The molecule has 0 aliphatic rings. The maximum absolute atomic E-state index is 12.0. The minimum atomic E-state index is -0.554. The molecule has 0 bridgehead atoms. The van der Waals surface area contributed by atoms with Gasteiger partial charge in [0.05, 0.1) is 6.61 Å². The summed E-state index contributed by atoms with van der Waals surface area (Å²) in [5, 5.41) is 7.40. The lowest BCUT2D eigenvalue weighted by Crippen LogP contribution is -2.08. The molecule has 1 aromatic carbocycles. The van der Waals surface area contributed by atoms with E-state index in [4.69, 9.17) is 9.26 Å². The molecule has 7 nitrogen and oxygen atoms in total. The maximum Gasteiger partial charge on any atom is 0.361 e. The van der Waals surface area contributed by atoms with Crippen LogP contribution in [0.2, 0.25) is 0 Å². The predicted octanol–water partition coefficient (Wildman–Crippen LogP) is 2.97. The minimum absolute atomic E-state index is 0.0799. The highest BCUT2D eigenvalue weighted by Gasteiger charge is 2.21. The van der Waals surface area contributed by atoms with Crippen LogP contribution in [0.15, 0.2) is 35.1 Å². The molecule has 0 aliphatic carbocycles. The Balaban J connectivity index is 1.85. The molecule has 2 aromatic heterocycles. The maximum atomic E-state index is 12.0. The minimum Gasteiger partial charge on any atom is -0.461 e. The molecule has 0 saturated carbocycles. The second-order valence-electron chi connectivity index (χ2n) is 5.18. The van der Waals surface area contributed by atoms with Gasteiger partial charge in [0.2, 0.25) is 5.69 Å². The number of carbonyl (C=O) groups excluding carboxylic acids is 1. The lowest BCUT2D eigenvalue weighted by atomic mass is 10.1. The first-order valence-electron chi connectivity index (χ1n) is 7.82. The highest BCUT2D eigenvalue weighted by molar-refractivity contribution is 6.04. The number of hydrogen-bond donors (Lipinski definition) is 1. The monoisotopic (exact) mass is 326 g/mol. The van der Waals surface area contributed by atoms with E-state index < -0.39 is 5.97 Å². The molecule has 0 unspecified atom stereocenters. The number of esters is 1. The van der Waals surface area contributed by atoms with Crippen molar-refractivity contribution in [2.24, 2.45) is 0 Å². The summed E-state index contributed by atoms with van der Waals surface area (Å²) >= 11 is 0. The summed E-state index contributed by atoms with van der Waals surface area (Å²) in [4.78, 5) is 20.2. The van der Waals surface area contributed by atoms with Gasteiger partial charge in [0.25, 0.3) is 5.71 Å². The van der Waals surface area contributed by atoms with Gasteiger partial charge in [-0.05, 0) is 24.5 Å². The molecular weight excluding hydrogens is 308 g/mol. The largest absolute Gasteiger partial charge is 0.461 e. The lowest BCUT2D eigenvalue weighted by molar-refractivity contribution is 0.0517. The van der Waals surface area contributed by atoms with Crippen LogP contribution < -0.4 is 5.32 Å². The van der Waals surface area contributed by atoms with E-state index in [1.165, 1.54) is 11.9 Å². The van der Waals surface area contributed by atoms with Crippen molar-refractivity contribution in [3.05, 3.63) is 47.4 Å². The van der Waals surface area contributed by atoms with Gasteiger partial charge in [-0.2, -0.15) is 4.98 Å². The van der Waals surface area contributed by atoms with Crippen LogP contribution in [0.1, 0.15) is 35.5 Å². The number of benzene rings is 1. The van der Waals surface area contributed by atoms with Crippen LogP contribution >= 0.6 is 0 Å². The van der Waals surface area contributed by atoms with E-state index in [2.05, 4.69) is 51.6 Å². The molecule has 24 heavy (non-hydrogen) atoms. The van der Waals surface area contributed by atoms with Crippen molar-refractivity contribution in [3.63, 3.8) is 0 Å². The Morgan fingerprint density at radius 2 is 1.92 bits per heavy atom. The van der Waals surface area contributed by atoms with Crippen molar-refractivity contribution in [2.75, 3.05) is 11.9 Å². The molecule has 0 radical (unpaired) electrons. The van der Waals surface area contributed by atoms with Crippen LogP contribution in [0.3, 0.4) is 0 Å². The second kappa shape index (κ2) is 7.08. The van der Waals surface area contributed by atoms with E-state index in [1.54, 1.807) is 6.92 Å². The van der Waals surface area contributed by atoms with Gasteiger partial charge >= 0.3 is 5.97 Å². The third-order valence-corrected chi connectivity index (χ3v) is 3.63. The van der Waals surface area contributed by atoms with E-state index in [1.807, 2.05) is 0 Å². The van der Waals surface area contributed by atoms with Crippen LogP contribution in [-0.4, -0.2) is 27.7 Å². The first kappa shape index (κ1) is 15.9. The number of anilines is 1. The lowest BCUT2D eigenvalue weighted by Gasteiger charge is -2.07. The zero-order chi connectivity index (χ0) is 16.9. The summed E-state index contributed by atoms with van der Waals surface area (Å²) in [7, 11) is 0. The topological polar surface area (TPSA) is 90.1 Å². The molecule has 3 aromatic rings. The average Bonchev–Trinajstić information content (AvgIpc) is 3.05. The SMILES string of the molecule is CCOC(=O)c1noc2ncnc(NCc3ccc(CC)cc3)c12. The number of nitrogens with one attached hydrogen (secondary N) is 1. The van der Waals surface area contributed by atoms with Gasteiger partial charge in [0.1, 0.15) is 17.5 Å². The summed E-state index contributed by atoms with van der Waals surface area (Å²) in [6, 6.07) is 8.31. The Bertz CT molecular complexity index is 843. The molecule has 0 aliphatic heterocycles. The summed E-state index contributed by atoms with van der Waals surface area (Å²) in [6.07, 6.45) is 2.37. The highest BCUT2D eigenvalue weighted by atomic mass is 16.5. The molecule has 1 N–H and O–H groups in total. The van der Waals surface area contributed by atoms with Gasteiger partial charge in [0.15, 0.2) is 0 Å². The van der Waals surface area contributed by atoms with Crippen LogP contribution in [0.5, 0.6) is 0 Å². The summed E-state index contributed by atoms with van der Waals surface area (Å²) in [6.45, 7) is 4.67.